The van der Waals surface area contributed by atoms with E-state index in [-0.39, 0.29) is 37.1 Å². The summed E-state index contributed by atoms with van der Waals surface area (Å²) in [5, 5.41) is 20.1. The minimum Gasteiger partial charge on any atom is -0.504 e. The molecule has 1 aromatic heterocycles. The summed E-state index contributed by atoms with van der Waals surface area (Å²) in [5.41, 5.74) is 0.688. The van der Waals surface area contributed by atoms with Crippen LogP contribution in [0.3, 0.4) is 0 Å². The molecule has 0 saturated heterocycles. The van der Waals surface area contributed by atoms with Crippen LogP contribution in [0.2, 0.25) is 10.0 Å². The average molecular weight is 407 g/mol. The lowest BCUT2D eigenvalue weighted by atomic mass is 10.0. The molecular formula is C19H16Cl2N2O4. The number of nitriles is 1. The zero-order valence-corrected chi connectivity index (χ0v) is 16.0. The van der Waals surface area contributed by atoms with Crippen LogP contribution >= 0.6 is 23.2 Å². The van der Waals surface area contributed by atoms with Crippen molar-refractivity contribution in [2.75, 3.05) is 6.61 Å². The average Bonchev–Trinajstić information content (AvgIpc) is 2.65. The summed E-state index contributed by atoms with van der Waals surface area (Å²) < 4.78 is 4.78. The van der Waals surface area contributed by atoms with Gasteiger partial charge in [-0.1, -0.05) is 35.3 Å². The van der Waals surface area contributed by atoms with Gasteiger partial charge in [0, 0.05) is 18.5 Å². The van der Waals surface area contributed by atoms with Gasteiger partial charge in [0.15, 0.2) is 11.5 Å². The number of benzene rings is 1. The van der Waals surface area contributed by atoms with Gasteiger partial charge in [0.25, 0.3) is 0 Å². The van der Waals surface area contributed by atoms with E-state index in [9.17, 15) is 20.0 Å². The molecule has 27 heavy (non-hydrogen) atoms. The van der Waals surface area contributed by atoms with Crippen LogP contribution < -0.4 is 0 Å². The number of ketones is 1. The van der Waals surface area contributed by atoms with Crippen LogP contribution in [-0.2, 0) is 16.0 Å². The monoisotopic (exact) mass is 406 g/mol. The van der Waals surface area contributed by atoms with E-state index < -0.39 is 17.5 Å². The maximum atomic E-state index is 12.4. The summed E-state index contributed by atoms with van der Waals surface area (Å²) in [6.45, 7) is 1.88. The molecule has 1 heterocycles. The van der Waals surface area contributed by atoms with Gasteiger partial charge in [-0.3, -0.25) is 9.59 Å². The van der Waals surface area contributed by atoms with E-state index in [1.165, 1.54) is 6.07 Å². The molecule has 1 N–H and O–H groups in total. The van der Waals surface area contributed by atoms with Crippen molar-refractivity contribution < 1.29 is 19.4 Å². The Hall–Kier alpha value is -2.62. The summed E-state index contributed by atoms with van der Waals surface area (Å²) in [5.74, 6) is -1.59. The molecule has 6 nitrogen and oxygen atoms in total. The van der Waals surface area contributed by atoms with Crippen LogP contribution in [0.4, 0.5) is 0 Å². The number of Topliss-reactive ketones (excluding diaryl/α,β-unsaturated/α-hetero) is 1. The first-order valence-corrected chi connectivity index (χ1v) is 8.87. The molecule has 0 unspecified atom stereocenters. The summed E-state index contributed by atoms with van der Waals surface area (Å²) in [6.07, 6.45) is -0.113. The molecule has 140 valence electrons. The first-order chi connectivity index (χ1) is 12.9. The summed E-state index contributed by atoms with van der Waals surface area (Å²) in [6, 6.07) is 8.33. The first-order valence-electron chi connectivity index (χ1n) is 8.12. The summed E-state index contributed by atoms with van der Waals surface area (Å²) in [4.78, 5) is 28.0. The third kappa shape index (κ3) is 5.19. The Morgan fingerprint density at radius 3 is 2.70 bits per heavy atom. The van der Waals surface area contributed by atoms with Crippen molar-refractivity contribution in [2.45, 2.75) is 26.2 Å². The van der Waals surface area contributed by atoms with Crippen LogP contribution in [0.25, 0.3) is 0 Å². The topological polar surface area (TPSA) is 100 Å². The Kier molecular flexibility index (Phi) is 7.17. The van der Waals surface area contributed by atoms with Gasteiger partial charge in [0.2, 0.25) is 0 Å². The van der Waals surface area contributed by atoms with Crippen LogP contribution in [0.5, 0.6) is 5.75 Å². The smallest absolute Gasteiger partial charge is 0.306 e. The number of aromatic nitrogens is 1. The molecule has 0 bridgehead atoms. The minimum atomic E-state index is -0.559. The highest BCUT2D eigenvalue weighted by Gasteiger charge is 2.20. The third-order valence-electron chi connectivity index (χ3n) is 3.70. The molecule has 0 saturated carbocycles. The number of halogens is 2. The van der Waals surface area contributed by atoms with Crippen LogP contribution in [0.1, 0.15) is 47.1 Å². The second kappa shape index (κ2) is 9.36. The van der Waals surface area contributed by atoms with Crippen LogP contribution in [0, 0.1) is 11.3 Å². The number of nitrogens with zero attached hydrogens (tertiary/aromatic N) is 2. The molecule has 8 heteroatoms. The minimum absolute atomic E-state index is 0.0855. The number of rotatable bonds is 7. The lowest BCUT2D eigenvalue weighted by Gasteiger charge is -2.10. The van der Waals surface area contributed by atoms with Crippen molar-refractivity contribution in [3.8, 4) is 11.8 Å². The van der Waals surface area contributed by atoms with Gasteiger partial charge in [-0.2, -0.15) is 5.26 Å². The van der Waals surface area contributed by atoms with E-state index in [0.717, 1.165) is 0 Å². The Morgan fingerprint density at radius 1 is 1.30 bits per heavy atom. The highest BCUT2D eigenvalue weighted by molar-refractivity contribution is 6.42. The second-order valence-electron chi connectivity index (χ2n) is 5.59. The lowest BCUT2D eigenvalue weighted by Crippen LogP contribution is -2.11. The fraction of sp³-hybridized carbons (Fsp3) is 0.263. The standard InChI is InChI=1S/C19H16Cl2N2O4/c1-2-27-16(25)7-6-15(24)18-19(26)12(10-22)9-13(23-18)8-11-4-3-5-14(20)17(11)21/h3-5,9,26H,2,6-8H2,1H3. The van der Waals surface area contributed by atoms with E-state index in [1.807, 2.05) is 6.07 Å². The summed E-state index contributed by atoms with van der Waals surface area (Å²) >= 11 is 12.2. The van der Waals surface area contributed by atoms with E-state index in [4.69, 9.17) is 27.9 Å². The molecule has 0 aliphatic heterocycles. The molecule has 0 aliphatic rings. The lowest BCUT2D eigenvalue weighted by molar-refractivity contribution is -0.143. The third-order valence-corrected chi connectivity index (χ3v) is 4.55. The highest BCUT2D eigenvalue weighted by atomic mass is 35.5. The van der Waals surface area contributed by atoms with E-state index in [1.54, 1.807) is 25.1 Å². The van der Waals surface area contributed by atoms with Crippen molar-refractivity contribution in [3.63, 3.8) is 0 Å². The maximum Gasteiger partial charge on any atom is 0.306 e. The van der Waals surface area contributed by atoms with Crippen molar-refractivity contribution >= 4 is 35.0 Å². The molecule has 0 amide bonds. The highest BCUT2D eigenvalue weighted by Crippen LogP contribution is 2.29. The van der Waals surface area contributed by atoms with Gasteiger partial charge in [-0.05, 0) is 24.6 Å². The first kappa shape index (κ1) is 20.7. The zero-order valence-electron chi connectivity index (χ0n) is 14.5. The molecule has 0 fully saturated rings. The predicted molar refractivity (Wildman–Crippen MR) is 100 cm³/mol. The Bertz CT molecular complexity index is 923. The maximum absolute atomic E-state index is 12.4. The molecule has 1 aromatic carbocycles. The van der Waals surface area contributed by atoms with E-state index in [2.05, 4.69) is 4.98 Å². The van der Waals surface area contributed by atoms with Crippen molar-refractivity contribution in [2.24, 2.45) is 0 Å². The SMILES string of the molecule is CCOC(=O)CCC(=O)c1nc(Cc2cccc(Cl)c2Cl)cc(C#N)c1O. The zero-order chi connectivity index (χ0) is 20.0. The number of esters is 1. The Balaban J connectivity index is 2.31. The number of aromatic hydroxyl groups is 1. The van der Waals surface area contributed by atoms with Crippen molar-refractivity contribution in [1.29, 1.82) is 5.26 Å². The molecule has 0 atom stereocenters. The molecule has 2 rings (SSSR count). The number of ether oxygens (including phenoxy) is 1. The van der Waals surface area contributed by atoms with Crippen LogP contribution in [-0.4, -0.2) is 28.4 Å². The van der Waals surface area contributed by atoms with Gasteiger partial charge in [-0.15, -0.1) is 0 Å². The molecular weight excluding hydrogens is 391 g/mol. The fourth-order valence-electron chi connectivity index (χ4n) is 2.41. The number of carbonyl (C=O) groups is 2. The number of hydrogen-bond acceptors (Lipinski definition) is 6. The number of hydrogen-bond donors (Lipinski definition) is 1. The van der Waals surface area contributed by atoms with Gasteiger partial charge in [-0.25, -0.2) is 4.98 Å². The fourth-order valence-corrected chi connectivity index (χ4v) is 2.80. The second-order valence-corrected chi connectivity index (χ2v) is 6.37. The molecule has 0 spiro atoms. The molecule has 0 radical (unpaired) electrons. The summed E-state index contributed by atoms with van der Waals surface area (Å²) in [7, 11) is 0. The quantitative estimate of drug-likeness (QED) is 0.548. The predicted octanol–water partition coefficient (Wildman–Crippen LogP) is 4.08. The van der Waals surface area contributed by atoms with Crippen molar-refractivity contribution in [3.05, 3.63) is 56.8 Å². The van der Waals surface area contributed by atoms with Gasteiger partial charge in [0.1, 0.15) is 11.8 Å². The van der Waals surface area contributed by atoms with Crippen molar-refractivity contribution in [1.82, 2.24) is 4.98 Å². The van der Waals surface area contributed by atoms with Gasteiger partial charge < -0.3 is 9.84 Å². The number of carbonyl (C=O) groups excluding carboxylic acids is 2. The Morgan fingerprint density at radius 2 is 2.04 bits per heavy atom. The van der Waals surface area contributed by atoms with E-state index >= 15 is 0 Å². The molecule has 0 aliphatic carbocycles. The van der Waals surface area contributed by atoms with E-state index in [0.29, 0.717) is 21.3 Å². The Labute approximate surface area is 166 Å². The normalized spacial score (nSPS) is 10.3. The van der Waals surface area contributed by atoms with Crippen LogP contribution in [0.15, 0.2) is 24.3 Å². The largest absolute Gasteiger partial charge is 0.504 e. The number of pyridine rings is 1. The molecule has 2 aromatic rings. The van der Waals surface area contributed by atoms with Gasteiger partial charge >= 0.3 is 5.97 Å². The van der Waals surface area contributed by atoms with Gasteiger partial charge in [0.05, 0.1) is 28.6 Å².